The first-order valence-corrected chi connectivity index (χ1v) is 9.55. The number of hydrogen-bond acceptors (Lipinski definition) is 7. The van der Waals surface area contributed by atoms with Crippen molar-refractivity contribution in [3.05, 3.63) is 40.6 Å². The Morgan fingerprint density at radius 1 is 1.07 bits per heavy atom. The van der Waals surface area contributed by atoms with E-state index in [9.17, 15) is 9.59 Å². The van der Waals surface area contributed by atoms with Crippen molar-refractivity contribution in [3.63, 3.8) is 0 Å². The number of ether oxygens (including phenoxy) is 2. The molecule has 1 N–H and O–H groups in total. The number of thiophene rings is 1. The minimum absolute atomic E-state index is 0.128. The third-order valence-corrected chi connectivity index (χ3v) is 5.38. The number of esters is 1. The smallest absolute Gasteiger partial charge is 0.350 e. The SMILES string of the molecule is COC(=O)c1sccc1NC(=O)CN1CCN(c2ccc(OC)cc2)CC1. The van der Waals surface area contributed by atoms with Crippen LogP contribution in [-0.2, 0) is 9.53 Å². The molecular weight excluding hydrogens is 366 g/mol. The van der Waals surface area contributed by atoms with E-state index in [4.69, 9.17) is 9.47 Å². The van der Waals surface area contributed by atoms with Gasteiger partial charge in [-0.2, -0.15) is 0 Å². The number of anilines is 2. The molecule has 0 saturated carbocycles. The van der Waals surface area contributed by atoms with Crippen LogP contribution in [0.5, 0.6) is 5.75 Å². The van der Waals surface area contributed by atoms with Crippen LogP contribution in [0, 0.1) is 0 Å². The normalized spacial score (nSPS) is 14.7. The first-order chi connectivity index (χ1) is 13.1. The summed E-state index contributed by atoms with van der Waals surface area (Å²) in [4.78, 5) is 28.8. The number of nitrogens with zero attached hydrogens (tertiary/aromatic N) is 2. The number of rotatable bonds is 6. The molecule has 2 heterocycles. The van der Waals surface area contributed by atoms with Crippen molar-refractivity contribution >= 4 is 34.6 Å². The molecule has 8 heteroatoms. The fourth-order valence-corrected chi connectivity index (χ4v) is 3.77. The lowest BCUT2D eigenvalue weighted by Crippen LogP contribution is -2.48. The van der Waals surface area contributed by atoms with E-state index in [1.54, 1.807) is 18.6 Å². The van der Waals surface area contributed by atoms with Crippen LogP contribution >= 0.6 is 11.3 Å². The number of methoxy groups -OCH3 is 2. The summed E-state index contributed by atoms with van der Waals surface area (Å²) in [6.45, 7) is 3.60. The number of carbonyl (C=O) groups is 2. The molecule has 0 bridgehead atoms. The Morgan fingerprint density at radius 3 is 2.41 bits per heavy atom. The van der Waals surface area contributed by atoms with Gasteiger partial charge in [-0.3, -0.25) is 9.69 Å². The third kappa shape index (κ3) is 4.78. The molecule has 0 unspecified atom stereocenters. The number of piperazine rings is 1. The molecule has 144 valence electrons. The maximum absolute atomic E-state index is 12.3. The van der Waals surface area contributed by atoms with Crippen LogP contribution in [0.15, 0.2) is 35.7 Å². The van der Waals surface area contributed by atoms with Gasteiger partial charge in [0.2, 0.25) is 5.91 Å². The van der Waals surface area contributed by atoms with Crippen LogP contribution in [0.3, 0.4) is 0 Å². The van der Waals surface area contributed by atoms with E-state index in [1.807, 2.05) is 24.3 Å². The molecule has 1 aromatic carbocycles. The molecule has 27 heavy (non-hydrogen) atoms. The molecule has 1 saturated heterocycles. The predicted molar refractivity (Wildman–Crippen MR) is 106 cm³/mol. The van der Waals surface area contributed by atoms with Gasteiger partial charge in [0.15, 0.2) is 0 Å². The van der Waals surface area contributed by atoms with Crippen molar-refractivity contribution in [2.24, 2.45) is 0 Å². The highest BCUT2D eigenvalue weighted by Crippen LogP contribution is 2.23. The Morgan fingerprint density at radius 2 is 1.78 bits per heavy atom. The van der Waals surface area contributed by atoms with E-state index >= 15 is 0 Å². The van der Waals surface area contributed by atoms with Crippen LogP contribution in [0.2, 0.25) is 0 Å². The minimum atomic E-state index is -0.437. The topological polar surface area (TPSA) is 71.1 Å². The zero-order valence-corrected chi connectivity index (χ0v) is 16.3. The van der Waals surface area contributed by atoms with Crippen molar-refractivity contribution < 1.29 is 19.1 Å². The highest BCUT2D eigenvalue weighted by atomic mass is 32.1. The molecule has 0 atom stereocenters. The summed E-state index contributed by atoms with van der Waals surface area (Å²) in [6, 6.07) is 9.72. The Balaban J connectivity index is 1.49. The molecular formula is C19H23N3O4S. The standard InChI is InChI=1S/C19H23N3O4S/c1-25-15-5-3-14(4-6-15)22-10-8-21(9-11-22)13-17(23)20-16-7-12-27-18(16)19(24)26-2/h3-7,12H,8-11,13H2,1-2H3,(H,20,23). The van der Waals surface area contributed by atoms with Crippen molar-refractivity contribution in [1.82, 2.24) is 4.90 Å². The fourth-order valence-electron chi connectivity index (χ4n) is 3.01. The van der Waals surface area contributed by atoms with E-state index in [0.29, 0.717) is 17.1 Å². The summed E-state index contributed by atoms with van der Waals surface area (Å²) < 4.78 is 9.92. The van der Waals surface area contributed by atoms with Gasteiger partial charge in [-0.15, -0.1) is 11.3 Å². The minimum Gasteiger partial charge on any atom is -0.497 e. The van der Waals surface area contributed by atoms with Gasteiger partial charge in [0.1, 0.15) is 10.6 Å². The van der Waals surface area contributed by atoms with Crippen LogP contribution in [0.4, 0.5) is 11.4 Å². The van der Waals surface area contributed by atoms with Gasteiger partial charge < -0.3 is 19.7 Å². The van der Waals surface area contributed by atoms with Gasteiger partial charge in [0.05, 0.1) is 26.5 Å². The van der Waals surface area contributed by atoms with Gasteiger partial charge in [0, 0.05) is 31.9 Å². The summed E-state index contributed by atoms with van der Waals surface area (Å²) >= 11 is 1.25. The Bertz CT molecular complexity index is 783. The monoisotopic (exact) mass is 389 g/mol. The summed E-state index contributed by atoms with van der Waals surface area (Å²) in [5, 5.41) is 4.57. The Kier molecular flexibility index (Phi) is 6.31. The molecule has 1 amide bonds. The lowest BCUT2D eigenvalue weighted by Gasteiger charge is -2.35. The highest BCUT2D eigenvalue weighted by Gasteiger charge is 2.21. The molecule has 1 aromatic heterocycles. The largest absolute Gasteiger partial charge is 0.497 e. The lowest BCUT2D eigenvalue weighted by atomic mass is 10.2. The van der Waals surface area contributed by atoms with Gasteiger partial charge in [-0.1, -0.05) is 0 Å². The maximum atomic E-state index is 12.3. The summed E-state index contributed by atoms with van der Waals surface area (Å²) in [7, 11) is 2.99. The molecule has 2 aromatic rings. The lowest BCUT2D eigenvalue weighted by molar-refractivity contribution is -0.117. The van der Waals surface area contributed by atoms with E-state index in [0.717, 1.165) is 37.6 Å². The second kappa shape index (κ2) is 8.88. The number of nitrogens with one attached hydrogen (secondary N) is 1. The third-order valence-electron chi connectivity index (χ3n) is 4.49. The van der Waals surface area contributed by atoms with Crippen molar-refractivity contribution in [3.8, 4) is 5.75 Å². The van der Waals surface area contributed by atoms with Crippen molar-refractivity contribution in [2.45, 2.75) is 0 Å². The second-order valence-corrected chi connectivity index (χ2v) is 7.08. The van der Waals surface area contributed by atoms with E-state index < -0.39 is 5.97 Å². The molecule has 0 aliphatic carbocycles. The summed E-state index contributed by atoms with van der Waals surface area (Å²) in [6.07, 6.45) is 0. The van der Waals surface area contributed by atoms with Crippen LogP contribution in [0.1, 0.15) is 9.67 Å². The van der Waals surface area contributed by atoms with Crippen LogP contribution < -0.4 is 15.0 Å². The quantitative estimate of drug-likeness (QED) is 0.765. The van der Waals surface area contributed by atoms with Gasteiger partial charge in [-0.05, 0) is 35.7 Å². The van der Waals surface area contributed by atoms with Gasteiger partial charge in [0.25, 0.3) is 0 Å². The zero-order valence-electron chi connectivity index (χ0n) is 15.4. The molecule has 0 radical (unpaired) electrons. The molecule has 1 fully saturated rings. The highest BCUT2D eigenvalue weighted by molar-refractivity contribution is 7.12. The molecule has 0 spiro atoms. The van der Waals surface area contributed by atoms with Crippen LogP contribution in [-0.4, -0.2) is 63.7 Å². The number of amides is 1. The Labute approximate surface area is 162 Å². The molecule has 1 aliphatic rings. The first-order valence-electron chi connectivity index (χ1n) is 8.67. The molecule has 1 aliphatic heterocycles. The summed E-state index contributed by atoms with van der Waals surface area (Å²) in [5.74, 6) is 0.277. The van der Waals surface area contributed by atoms with Crippen molar-refractivity contribution in [2.75, 3.05) is 57.2 Å². The predicted octanol–water partition coefficient (Wildman–Crippen LogP) is 2.30. The van der Waals surface area contributed by atoms with Gasteiger partial charge >= 0.3 is 5.97 Å². The number of benzene rings is 1. The average molecular weight is 389 g/mol. The summed E-state index contributed by atoms with van der Waals surface area (Å²) in [5.41, 5.74) is 1.66. The second-order valence-electron chi connectivity index (χ2n) is 6.16. The maximum Gasteiger partial charge on any atom is 0.350 e. The average Bonchev–Trinajstić information content (AvgIpc) is 3.16. The number of carbonyl (C=O) groups excluding carboxylic acids is 2. The zero-order chi connectivity index (χ0) is 19.2. The fraction of sp³-hybridized carbons (Fsp3) is 0.368. The molecule has 7 nitrogen and oxygen atoms in total. The van der Waals surface area contributed by atoms with Crippen molar-refractivity contribution in [1.29, 1.82) is 0 Å². The molecule has 3 rings (SSSR count). The van der Waals surface area contributed by atoms with Gasteiger partial charge in [-0.25, -0.2) is 4.79 Å². The van der Waals surface area contributed by atoms with E-state index in [1.165, 1.54) is 18.4 Å². The van der Waals surface area contributed by atoms with E-state index in [-0.39, 0.29) is 5.91 Å². The Hall–Kier alpha value is -2.58. The van der Waals surface area contributed by atoms with Crippen LogP contribution in [0.25, 0.3) is 0 Å². The first kappa shape index (κ1) is 19.2. The number of hydrogen-bond donors (Lipinski definition) is 1. The van der Waals surface area contributed by atoms with E-state index in [2.05, 4.69) is 15.1 Å².